The number of hydrogen-bond acceptors (Lipinski definition) is 2. The predicted octanol–water partition coefficient (Wildman–Crippen LogP) is 10.6. The first-order valence-corrected chi connectivity index (χ1v) is 14.0. The summed E-state index contributed by atoms with van der Waals surface area (Å²) in [6.07, 6.45) is 0. The molecule has 0 aliphatic rings. The fourth-order valence-electron chi connectivity index (χ4n) is 5.85. The number of benzene rings is 6. The SMILES string of the molecule is c1ccc(N(c2cccc(-n3c4ccccc4c4ccccc43)c2)c2ccc3sc4ccccc4c3c2)cc1. The number of nitrogens with zero attached hydrogens (tertiary/aromatic N) is 2. The lowest BCUT2D eigenvalue weighted by Crippen LogP contribution is -2.10. The van der Waals surface area contributed by atoms with Crippen LogP contribution in [0, 0.1) is 0 Å². The third-order valence-electron chi connectivity index (χ3n) is 7.56. The summed E-state index contributed by atoms with van der Waals surface area (Å²) in [7, 11) is 0. The maximum atomic E-state index is 2.38. The van der Waals surface area contributed by atoms with Gasteiger partial charge in [0.15, 0.2) is 0 Å². The van der Waals surface area contributed by atoms with E-state index in [-0.39, 0.29) is 0 Å². The van der Waals surface area contributed by atoms with Gasteiger partial charge in [0.25, 0.3) is 0 Å². The van der Waals surface area contributed by atoms with E-state index in [9.17, 15) is 0 Å². The summed E-state index contributed by atoms with van der Waals surface area (Å²) in [6.45, 7) is 0. The molecule has 0 atom stereocenters. The van der Waals surface area contributed by atoms with Gasteiger partial charge in [-0.15, -0.1) is 11.3 Å². The van der Waals surface area contributed by atoms with Crippen molar-refractivity contribution >= 4 is 70.4 Å². The minimum Gasteiger partial charge on any atom is -0.310 e. The number of para-hydroxylation sites is 3. The van der Waals surface area contributed by atoms with Crippen molar-refractivity contribution in [2.45, 2.75) is 0 Å². The molecule has 0 aliphatic carbocycles. The number of fused-ring (bicyclic) bond motifs is 6. The minimum atomic E-state index is 1.12. The van der Waals surface area contributed by atoms with Crippen molar-refractivity contribution in [1.82, 2.24) is 4.57 Å². The van der Waals surface area contributed by atoms with Crippen molar-refractivity contribution < 1.29 is 0 Å². The van der Waals surface area contributed by atoms with Gasteiger partial charge in [-0.1, -0.05) is 78.9 Å². The standard InChI is InChI=1S/C36H24N2S/c1-2-11-25(12-3-1)37(28-21-22-36-32(24-28)31-17-6-9-20-35(31)39-36)26-13-10-14-27(23-26)38-33-18-7-4-15-29(33)30-16-5-8-19-34(30)38/h1-24H. The van der Waals surface area contributed by atoms with E-state index < -0.39 is 0 Å². The maximum absolute atomic E-state index is 2.38. The van der Waals surface area contributed by atoms with Crippen LogP contribution < -0.4 is 4.90 Å². The Morgan fingerprint density at radius 1 is 0.410 bits per heavy atom. The Morgan fingerprint density at radius 3 is 1.77 bits per heavy atom. The van der Waals surface area contributed by atoms with Gasteiger partial charge < -0.3 is 9.47 Å². The van der Waals surface area contributed by atoms with Crippen LogP contribution in [0.25, 0.3) is 47.7 Å². The van der Waals surface area contributed by atoms with E-state index in [0.29, 0.717) is 0 Å². The molecule has 2 heterocycles. The molecule has 0 saturated carbocycles. The van der Waals surface area contributed by atoms with Crippen molar-refractivity contribution in [3.05, 3.63) is 146 Å². The maximum Gasteiger partial charge on any atom is 0.0541 e. The highest BCUT2D eigenvalue weighted by molar-refractivity contribution is 7.25. The summed E-state index contributed by atoms with van der Waals surface area (Å²) in [5.41, 5.74) is 6.99. The lowest BCUT2D eigenvalue weighted by molar-refractivity contribution is 1.17. The summed E-state index contributed by atoms with van der Waals surface area (Å²) in [4.78, 5) is 2.36. The number of anilines is 3. The second-order valence-electron chi connectivity index (χ2n) is 9.84. The summed E-state index contributed by atoms with van der Waals surface area (Å²) in [6, 6.07) is 52.5. The normalized spacial score (nSPS) is 11.6. The van der Waals surface area contributed by atoms with Crippen LogP contribution in [-0.2, 0) is 0 Å². The summed E-state index contributed by atoms with van der Waals surface area (Å²) in [5, 5.41) is 5.15. The van der Waals surface area contributed by atoms with Gasteiger partial charge in [0.05, 0.1) is 11.0 Å². The molecule has 3 heteroatoms. The Bertz CT molecular complexity index is 2080. The molecule has 0 aliphatic heterocycles. The molecule has 2 nitrogen and oxygen atoms in total. The van der Waals surface area contributed by atoms with Gasteiger partial charge >= 0.3 is 0 Å². The van der Waals surface area contributed by atoms with E-state index in [0.717, 1.165) is 22.7 Å². The summed E-state index contributed by atoms with van der Waals surface area (Å²) < 4.78 is 5.02. The molecule has 0 unspecified atom stereocenters. The molecule has 0 saturated heterocycles. The van der Waals surface area contributed by atoms with Crippen molar-refractivity contribution in [2.24, 2.45) is 0 Å². The number of thiophene rings is 1. The molecule has 0 radical (unpaired) electrons. The molecule has 0 amide bonds. The molecular weight excluding hydrogens is 492 g/mol. The number of hydrogen-bond donors (Lipinski definition) is 0. The van der Waals surface area contributed by atoms with Crippen LogP contribution in [0.15, 0.2) is 146 Å². The van der Waals surface area contributed by atoms with Crippen LogP contribution in [0.3, 0.4) is 0 Å². The zero-order chi connectivity index (χ0) is 25.8. The lowest BCUT2D eigenvalue weighted by atomic mass is 10.1. The van der Waals surface area contributed by atoms with Crippen molar-refractivity contribution in [3.63, 3.8) is 0 Å². The Kier molecular flexibility index (Phi) is 5.04. The second-order valence-corrected chi connectivity index (χ2v) is 10.9. The smallest absolute Gasteiger partial charge is 0.0541 e. The Hall–Kier alpha value is -4.86. The summed E-state index contributed by atoms with van der Waals surface area (Å²) in [5.74, 6) is 0. The van der Waals surface area contributed by atoms with E-state index in [4.69, 9.17) is 0 Å². The van der Waals surface area contributed by atoms with E-state index in [1.165, 1.54) is 42.0 Å². The number of rotatable bonds is 4. The Balaban J connectivity index is 1.35. The lowest BCUT2D eigenvalue weighted by Gasteiger charge is -2.26. The zero-order valence-corrected chi connectivity index (χ0v) is 22.0. The van der Waals surface area contributed by atoms with Crippen LogP contribution in [0.5, 0.6) is 0 Å². The molecule has 2 aromatic heterocycles. The minimum absolute atomic E-state index is 1.12. The van der Waals surface area contributed by atoms with Crippen LogP contribution >= 0.6 is 11.3 Å². The summed E-state index contributed by atoms with van der Waals surface area (Å²) >= 11 is 1.85. The Labute approximate surface area is 230 Å². The first kappa shape index (κ1) is 22.2. The van der Waals surface area contributed by atoms with Gasteiger partial charge in [0.2, 0.25) is 0 Å². The molecule has 0 spiro atoms. The van der Waals surface area contributed by atoms with Gasteiger partial charge in [-0.05, 0) is 66.7 Å². The van der Waals surface area contributed by atoms with Crippen molar-refractivity contribution in [1.29, 1.82) is 0 Å². The first-order valence-electron chi connectivity index (χ1n) is 13.2. The topological polar surface area (TPSA) is 8.17 Å². The monoisotopic (exact) mass is 516 g/mol. The van der Waals surface area contributed by atoms with E-state index in [1.807, 2.05) is 11.3 Å². The third kappa shape index (κ3) is 3.55. The van der Waals surface area contributed by atoms with Crippen LogP contribution in [-0.4, -0.2) is 4.57 Å². The van der Waals surface area contributed by atoms with E-state index >= 15 is 0 Å². The molecule has 184 valence electrons. The average Bonchev–Trinajstić information content (AvgIpc) is 3.54. The molecular formula is C36H24N2S. The van der Waals surface area contributed by atoms with Gasteiger partial charge in [0.1, 0.15) is 0 Å². The van der Waals surface area contributed by atoms with E-state index in [1.54, 1.807) is 0 Å². The van der Waals surface area contributed by atoms with Crippen LogP contribution in [0.1, 0.15) is 0 Å². The fraction of sp³-hybridized carbons (Fsp3) is 0. The first-order chi connectivity index (χ1) is 19.3. The zero-order valence-electron chi connectivity index (χ0n) is 21.2. The molecule has 0 N–H and O–H groups in total. The fourth-order valence-corrected chi connectivity index (χ4v) is 6.94. The molecule has 39 heavy (non-hydrogen) atoms. The van der Waals surface area contributed by atoms with Crippen LogP contribution in [0.4, 0.5) is 17.1 Å². The third-order valence-corrected chi connectivity index (χ3v) is 8.71. The molecule has 0 fully saturated rings. The Morgan fingerprint density at radius 2 is 1.00 bits per heavy atom. The van der Waals surface area contributed by atoms with Gasteiger partial charge in [-0.3, -0.25) is 0 Å². The highest BCUT2D eigenvalue weighted by Gasteiger charge is 2.17. The quantitative estimate of drug-likeness (QED) is 0.226. The van der Waals surface area contributed by atoms with Crippen molar-refractivity contribution in [3.8, 4) is 5.69 Å². The highest BCUT2D eigenvalue weighted by atomic mass is 32.1. The molecule has 8 rings (SSSR count). The van der Waals surface area contributed by atoms with Crippen LogP contribution in [0.2, 0.25) is 0 Å². The average molecular weight is 517 g/mol. The van der Waals surface area contributed by atoms with Gasteiger partial charge in [0, 0.05) is 53.7 Å². The second kappa shape index (κ2) is 8.87. The molecule has 6 aromatic carbocycles. The highest BCUT2D eigenvalue weighted by Crippen LogP contribution is 2.41. The largest absolute Gasteiger partial charge is 0.310 e. The number of aromatic nitrogens is 1. The molecule has 8 aromatic rings. The van der Waals surface area contributed by atoms with Gasteiger partial charge in [-0.25, -0.2) is 0 Å². The predicted molar refractivity (Wildman–Crippen MR) is 168 cm³/mol. The molecule has 0 bridgehead atoms. The van der Waals surface area contributed by atoms with Crippen molar-refractivity contribution in [2.75, 3.05) is 4.90 Å². The van der Waals surface area contributed by atoms with E-state index in [2.05, 4.69) is 155 Å². The van der Waals surface area contributed by atoms with Gasteiger partial charge in [-0.2, -0.15) is 0 Å².